The largest absolute Gasteiger partial charge is 0.392 e. The van der Waals surface area contributed by atoms with Gasteiger partial charge in [0.1, 0.15) is 0 Å². The molecular weight excluding hydrogens is 174 g/mol. The second kappa shape index (κ2) is 7.02. The summed E-state index contributed by atoms with van der Waals surface area (Å²) >= 11 is 0. The van der Waals surface area contributed by atoms with Crippen molar-refractivity contribution >= 4 is 0 Å². The Bertz CT molecular complexity index is 173. The number of likely N-dealkylation sites (N-methyl/N-ethyl adjacent to an activating group) is 1. The first-order valence-corrected chi connectivity index (χ1v) is 5.47. The molecule has 0 spiro atoms. The van der Waals surface area contributed by atoms with Crippen molar-refractivity contribution in [2.45, 2.75) is 27.2 Å². The van der Waals surface area contributed by atoms with Crippen LogP contribution in [0, 0.1) is 11.8 Å². The number of hydrogen-bond donors (Lipinski definition) is 1. The van der Waals surface area contributed by atoms with Gasteiger partial charge in [-0.15, -0.1) is 0 Å². The van der Waals surface area contributed by atoms with Gasteiger partial charge >= 0.3 is 0 Å². The lowest BCUT2D eigenvalue weighted by molar-refractivity contribution is 0.329. The van der Waals surface area contributed by atoms with Crippen molar-refractivity contribution in [3.63, 3.8) is 0 Å². The predicted octanol–water partition coefficient (Wildman–Crippen LogP) is 2.15. The summed E-state index contributed by atoms with van der Waals surface area (Å²) in [4.78, 5) is 2.16. The Morgan fingerprint density at radius 2 is 1.93 bits per heavy atom. The first-order valence-electron chi connectivity index (χ1n) is 5.47. The van der Waals surface area contributed by atoms with E-state index < -0.39 is 0 Å². The van der Waals surface area contributed by atoms with Crippen LogP contribution in [0.1, 0.15) is 27.2 Å². The van der Waals surface area contributed by atoms with E-state index in [2.05, 4.69) is 39.8 Å². The summed E-state index contributed by atoms with van der Waals surface area (Å²) in [5.41, 5.74) is 1.37. The molecule has 0 fully saturated rings. The average Bonchev–Trinajstić information content (AvgIpc) is 2.03. The molecule has 2 nitrogen and oxygen atoms in total. The van der Waals surface area contributed by atoms with E-state index in [0.717, 1.165) is 13.0 Å². The molecule has 2 heteroatoms. The van der Waals surface area contributed by atoms with Gasteiger partial charge in [0.2, 0.25) is 0 Å². The Labute approximate surface area is 88.6 Å². The molecule has 0 aromatic carbocycles. The highest BCUT2D eigenvalue weighted by molar-refractivity contribution is 5.09. The molecule has 0 aromatic heterocycles. The Balaban J connectivity index is 4.53. The number of hydrogen-bond acceptors (Lipinski definition) is 2. The molecule has 0 rings (SSSR count). The zero-order chi connectivity index (χ0) is 11.1. The minimum Gasteiger partial charge on any atom is -0.392 e. The van der Waals surface area contributed by atoms with Crippen LogP contribution in [-0.4, -0.2) is 37.3 Å². The van der Waals surface area contributed by atoms with Crippen LogP contribution in [0.15, 0.2) is 11.6 Å². The minimum atomic E-state index is 0.159. The lowest BCUT2D eigenvalue weighted by Crippen LogP contribution is -2.22. The molecule has 0 saturated carbocycles. The highest BCUT2D eigenvalue weighted by Gasteiger charge is 2.16. The van der Waals surface area contributed by atoms with Crippen LogP contribution in [-0.2, 0) is 0 Å². The van der Waals surface area contributed by atoms with Crippen LogP contribution in [0.25, 0.3) is 0 Å². The summed E-state index contributed by atoms with van der Waals surface area (Å²) in [6.07, 6.45) is 3.12. The van der Waals surface area contributed by atoms with Crippen molar-refractivity contribution in [3.05, 3.63) is 11.6 Å². The maximum Gasteiger partial charge on any atom is 0.0615 e. The number of aliphatic hydroxyl groups excluding tert-OH is 1. The average molecular weight is 199 g/mol. The standard InChI is InChI=1S/C12H25NO/c1-6-12(10(2)3)11(7-8-14)9-13(4)5/h7,10,12,14H,6,8-9H2,1-5H3/b11-7+. The normalized spacial score (nSPS) is 15.3. The monoisotopic (exact) mass is 199 g/mol. The fraction of sp³-hybridized carbons (Fsp3) is 0.833. The summed E-state index contributed by atoms with van der Waals surface area (Å²) in [6.45, 7) is 7.82. The van der Waals surface area contributed by atoms with Gasteiger partial charge in [0, 0.05) is 6.54 Å². The smallest absolute Gasteiger partial charge is 0.0615 e. The molecule has 0 heterocycles. The van der Waals surface area contributed by atoms with E-state index >= 15 is 0 Å². The van der Waals surface area contributed by atoms with Gasteiger partial charge in [0.05, 0.1) is 6.61 Å². The third kappa shape index (κ3) is 4.77. The van der Waals surface area contributed by atoms with E-state index in [1.54, 1.807) is 0 Å². The predicted molar refractivity (Wildman–Crippen MR) is 62.3 cm³/mol. The van der Waals surface area contributed by atoms with Gasteiger partial charge < -0.3 is 10.0 Å². The van der Waals surface area contributed by atoms with Crippen LogP contribution >= 0.6 is 0 Å². The summed E-state index contributed by atoms with van der Waals surface area (Å²) in [6, 6.07) is 0. The molecule has 14 heavy (non-hydrogen) atoms. The number of nitrogens with zero attached hydrogens (tertiary/aromatic N) is 1. The molecule has 0 bridgehead atoms. The second-order valence-corrected chi connectivity index (χ2v) is 4.46. The molecule has 0 aliphatic heterocycles. The molecule has 1 atom stereocenters. The maximum absolute atomic E-state index is 8.98. The van der Waals surface area contributed by atoms with Gasteiger partial charge in [-0.05, 0) is 32.4 Å². The quantitative estimate of drug-likeness (QED) is 0.663. The van der Waals surface area contributed by atoms with Crippen LogP contribution in [0.3, 0.4) is 0 Å². The lowest BCUT2D eigenvalue weighted by atomic mass is 9.85. The first-order chi connectivity index (χ1) is 6.52. The number of aliphatic hydroxyl groups is 1. The van der Waals surface area contributed by atoms with Crippen LogP contribution in [0.5, 0.6) is 0 Å². The highest BCUT2D eigenvalue weighted by atomic mass is 16.2. The second-order valence-electron chi connectivity index (χ2n) is 4.46. The van der Waals surface area contributed by atoms with E-state index in [1.807, 2.05) is 6.08 Å². The van der Waals surface area contributed by atoms with Crippen molar-refractivity contribution in [3.8, 4) is 0 Å². The zero-order valence-electron chi connectivity index (χ0n) is 10.2. The molecule has 0 radical (unpaired) electrons. The molecule has 0 aliphatic carbocycles. The van der Waals surface area contributed by atoms with Crippen molar-refractivity contribution in [2.24, 2.45) is 11.8 Å². The van der Waals surface area contributed by atoms with Gasteiger partial charge in [0.15, 0.2) is 0 Å². The fourth-order valence-corrected chi connectivity index (χ4v) is 1.98. The van der Waals surface area contributed by atoms with Gasteiger partial charge in [-0.25, -0.2) is 0 Å². The van der Waals surface area contributed by atoms with Gasteiger partial charge in [0.25, 0.3) is 0 Å². The molecule has 0 aromatic rings. The molecule has 1 unspecified atom stereocenters. The van der Waals surface area contributed by atoms with Crippen molar-refractivity contribution in [1.82, 2.24) is 4.90 Å². The number of rotatable bonds is 6. The Morgan fingerprint density at radius 3 is 2.21 bits per heavy atom. The van der Waals surface area contributed by atoms with Crippen molar-refractivity contribution in [1.29, 1.82) is 0 Å². The van der Waals surface area contributed by atoms with Gasteiger partial charge in [-0.3, -0.25) is 0 Å². The van der Waals surface area contributed by atoms with E-state index in [0.29, 0.717) is 11.8 Å². The van der Waals surface area contributed by atoms with Crippen LogP contribution in [0.4, 0.5) is 0 Å². The highest BCUT2D eigenvalue weighted by Crippen LogP contribution is 2.24. The Kier molecular flexibility index (Phi) is 6.85. The molecule has 0 amide bonds. The van der Waals surface area contributed by atoms with E-state index in [9.17, 15) is 0 Å². The fourth-order valence-electron chi connectivity index (χ4n) is 1.98. The third-order valence-electron chi connectivity index (χ3n) is 2.57. The van der Waals surface area contributed by atoms with E-state index in [4.69, 9.17) is 5.11 Å². The maximum atomic E-state index is 8.98. The zero-order valence-corrected chi connectivity index (χ0v) is 10.2. The first kappa shape index (κ1) is 13.7. The van der Waals surface area contributed by atoms with Gasteiger partial charge in [-0.2, -0.15) is 0 Å². The summed E-state index contributed by atoms with van der Waals surface area (Å²) in [5, 5.41) is 8.98. The SMILES string of the molecule is CCC(/C(=C/CO)CN(C)C)C(C)C. The molecule has 0 aliphatic rings. The van der Waals surface area contributed by atoms with Crippen molar-refractivity contribution < 1.29 is 5.11 Å². The molecule has 0 saturated heterocycles. The van der Waals surface area contributed by atoms with Crippen LogP contribution < -0.4 is 0 Å². The van der Waals surface area contributed by atoms with Gasteiger partial charge in [-0.1, -0.05) is 32.4 Å². The lowest BCUT2D eigenvalue weighted by Gasteiger charge is -2.25. The molecule has 84 valence electrons. The minimum absolute atomic E-state index is 0.159. The van der Waals surface area contributed by atoms with Crippen LogP contribution in [0.2, 0.25) is 0 Å². The molecular formula is C12H25NO. The topological polar surface area (TPSA) is 23.5 Å². The summed E-state index contributed by atoms with van der Waals surface area (Å²) in [7, 11) is 4.14. The van der Waals surface area contributed by atoms with E-state index in [1.165, 1.54) is 5.57 Å². The summed E-state index contributed by atoms with van der Waals surface area (Å²) in [5.74, 6) is 1.25. The van der Waals surface area contributed by atoms with E-state index in [-0.39, 0.29) is 6.61 Å². The molecule has 1 N–H and O–H groups in total. The Morgan fingerprint density at radius 1 is 1.36 bits per heavy atom. The van der Waals surface area contributed by atoms with Crippen molar-refractivity contribution in [2.75, 3.05) is 27.2 Å². The Hall–Kier alpha value is -0.340. The summed E-state index contributed by atoms with van der Waals surface area (Å²) < 4.78 is 0. The third-order valence-corrected chi connectivity index (χ3v) is 2.57.